The number of carboxylic acids is 1. The highest BCUT2D eigenvalue weighted by Gasteiger charge is 2.12. The Labute approximate surface area is 85.8 Å². The lowest BCUT2D eigenvalue weighted by Crippen LogP contribution is -2.12. The average molecular weight is 210 g/mol. The first-order valence-corrected chi connectivity index (χ1v) is 4.83. The standard InChI is InChI=1S/C9H10N2O2S/c1-5-6(2)14-9(7(5)3-10)11-4-8(12)13/h11H,4H2,1-2H3,(H,12,13). The molecule has 1 heterocycles. The first-order chi connectivity index (χ1) is 6.56. The maximum Gasteiger partial charge on any atom is 0.322 e. The Morgan fingerprint density at radius 3 is 2.79 bits per heavy atom. The Hall–Kier alpha value is -1.54. The Morgan fingerprint density at radius 2 is 2.29 bits per heavy atom. The van der Waals surface area contributed by atoms with E-state index >= 15 is 0 Å². The normalized spacial score (nSPS) is 9.50. The molecule has 0 saturated carbocycles. The number of carbonyl (C=O) groups is 1. The van der Waals surface area contributed by atoms with Crippen molar-refractivity contribution in [1.82, 2.24) is 0 Å². The van der Waals surface area contributed by atoms with E-state index in [1.54, 1.807) is 0 Å². The van der Waals surface area contributed by atoms with Gasteiger partial charge in [0.25, 0.3) is 0 Å². The summed E-state index contributed by atoms with van der Waals surface area (Å²) in [5.74, 6) is -0.933. The van der Waals surface area contributed by atoms with Gasteiger partial charge in [-0.2, -0.15) is 5.26 Å². The molecule has 0 aliphatic rings. The maximum absolute atomic E-state index is 10.3. The molecule has 5 heteroatoms. The van der Waals surface area contributed by atoms with E-state index in [0.717, 1.165) is 10.4 Å². The summed E-state index contributed by atoms with van der Waals surface area (Å²) in [5, 5.41) is 20.7. The second-order valence-corrected chi connectivity index (χ2v) is 4.07. The number of hydrogen-bond acceptors (Lipinski definition) is 4. The molecular weight excluding hydrogens is 200 g/mol. The fourth-order valence-corrected chi connectivity index (χ4v) is 2.05. The van der Waals surface area contributed by atoms with Crippen molar-refractivity contribution in [3.8, 4) is 6.07 Å². The van der Waals surface area contributed by atoms with Gasteiger partial charge >= 0.3 is 5.97 Å². The smallest absolute Gasteiger partial charge is 0.322 e. The fourth-order valence-electron chi connectivity index (χ4n) is 1.04. The highest BCUT2D eigenvalue weighted by molar-refractivity contribution is 7.16. The lowest BCUT2D eigenvalue weighted by Gasteiger charge is -1.99. The fraction of sp³-hybridized carbons (Fsp3) is 0.333. The zero-order chi connectivity index (χ0) is 10.7. The van der Waals surface area contributed by atoms with Crippen molar-refractivity contribution in [2.45, 2.75) is 13.8 Å². The largest absolute Gasteiger partial charge is 0.480 e. The molecule has 0 unspecified atom stereocenters. The Bertz CT molecular complexity index is 404. The average Bonchev–Trinajstić information content (AvgIpc) is 2.39. The molecule has 0 atom stereocenters. The molecule has 74 valence electrons. The number of anilines is 1. The van der Waals surface area contributed by atoms with Crippen LogP contribution in [0.2, 0.25) is 0 Å². The summed E-state index contributed by atoms with van der Waals surface area (Å²) in [7, 11) is 0. The number of nitrogens with zero attached hydrogens (tertiary/aromatic N) is 1. The van der Waals surface area contributed by atoms with Gasteiger partial charge in [0.05, 0.1) is 5.56 Å². The predicted octanol–water partition coefficient (Wildman–Crippen LogP) is 1.73. The second kappa shape index (κ2) is 4.11. The summed E-state index contributed by atoms with van der Waals surface area (Å²) < 4.78 is 0. The van der Waals surface area contributed by atoms with Crippen LogP contribution in [-0.4, -0.2) is 17.6 Å². The van der Waals surface area contributed by atoms with Crippen LogP contribution in [0.3, 0.4) is 0 Å². The number of nitrogens with one attached hydrogen (secondary N) is 1. The van der Waals surface area contributed by atoms with Gasteiger partial charge in [0, 0.05) is 4.88 Å². The van der Waals surface area contributed by atoms with E-state index < -0.39 is 5.97 Å². The van der Waals surface area contributed by atoms with E-state index in [0.29, 0.717) is 10.6 Å². The third-order valence-electron chi connectivity index (χ3n) is 1.90. The van der Waals surface area contributed by atoms with E-state index in [1.165, 1.54) is 11.3 Å². The zero-order valence-electron chi connectivity index (χ0n) is 7.92. The number of thiophene rings is 1. The number of nitriles is 1. The number of hydrogen-bond donors (Lipinski definition) is 2. The molecule has 1 aromatic rings. The SMILES string of the molecule is Cc1sc(NCC(=O)O)c(C#N)c1C. The van der Waals surface area contributed by atoms with Gasteiger partial charge in [0.1, 0.15) is 17.6 Å². The monoisotopic (exact) mass is 210 g/mol. The molecule has 0 amide bonds. The van der Waals surface area contributed by atoms with Gasteiger partial charge < -0.3 is 10.4 Å². The van der Waals surface area contributed by atoms with Crippen LogP contribution in [0.4, 0.5) is 5.00 Å². The molecule has 0 aliphatic heterocycles. The molecular formula is C9H10N2O2S. The molecule has 0 aliphatic carbocycles. The third kappa shape index (κ3) is 2.03. The number of carboxylic acid groups (broad SMARTS) is 1. The van der Waals surface area contributed by atoms with Crippen molar-refractivity contribution >= 4 is 22.3 Å². The topological polar surface area (TPSA) is 73.1 Å². The van der Waals surface area contributed by atoms with Crippen LogP contribution < -0.4 is 5.32 Å². The lowest BCUT2D eigenvalue weighted by molar-refractivity contribution is -0.134. The van der Waals surface area contributed by atoms with Gasteiger partial charge in [-0.05, 0) is 19.4 Å². The van der Waals surface area contributed by atoms with Gasteiger partial charge in [-0.3, -0.25) is 4.79 Å². The van der Waals surface area contributed by atoms with E-state index in [-0.39, 0.29) is 6.54 Å². The minimum absolute atomic E-state index is 0.159. The summed E-state index contributed by atoms with van der Waals surface area (Å²) in [5.41, 5.74) is 1.47. The van der Waals surface area contributed by atoms with E-state index in [4.69, 9.17) is 10.4 Å². The summed E-state index contributed by atoms with van der Waals surface area (Å²) in [6.07, 6.45) is 0. The summed E-state index contributed by atoms with van der Waals surface area (Å²) in [4.78, 5) is 11.4. The third-order valence-corrected chi connectivity index (χ3v) is 3.06. The van der Waals surface area contributed by atoms with E-state index in [2.05, 4.69) is 11.4 Å². The molecule has 1 aromatic heterocycles. The van der Waals surface area contributed by atoms with Crippen molar-refractivity contribution in [2.24, 2.45) is 0 Å². The van der Waals surface area contributed by atoms with Crippen molar-refractivity contribution in [3.05, 3.63) is 16.0 Å². The Morgan fingerprint density at radius 1 is 1.64 bits per heavy atom. The predicted molar refractivity (Wildman–Crippen MR) is 54.6 cm³/mol. The molecule has 0 aromatic carbocycles. The van der Waals surface area contributed by atoms with Crippen molar-refractivity contribution < 1.29 is 9.90 Å². The van der Waals surface area contributed by atoms with Gasteiger partial charge in [-0.25, -0.2) is 0 Å². The Balaban J connectivity index is 2.93. The lowest BCUT2D eigenvalue weighted by atomic mass is 10.2. The quantitative estimate of drug-likeness (QED) is 0.796. The number of aryl methyl sites for hydroxylation is 1. The van der Waals surface area contributed by atoms with Gasteiger partial charge in [-0.15, -0.1) is 11.3 Å². The van der Waals surface area contributed by atoms with Crippen LogP contribution in [-0.2, 0) is 4.79 Å². The molecule has 0 radical (unpaired) electrons. The Kier molecular flexibility index (Phi) is 3.10. The van der Waals surface area contributed by atoms with Crippen molar-refractivity contribution in [3.63, 3.8) is 0 Å². The molecule has 1 rings (SSSR count). The number of aliphatic carboxylic acids is 1. The van der Waals surface area contributed by atoms with Crippen LogP contribution in [0.15, 0.2) is 0 Å². The zero-order valence-corrected chi connectivity index (χ0v) is 8.73. The molecule has 0 spiro atoms. The summed E-state index contributed by atoms with van der Waals surface area (Å²) in [6.45, 7) is 3.61. The van der Waals surface area contributed by atoms with Crippen molar-refractivity contribution in [2.75, 3.05) is 11.9 Å². The van der Waals surface area contributed by atoms with Crippen LogP contribution >= 0.6 is 11.3 Å². The van der Waals surface area contributed by atoms with Gasteiger partial charge in [0.2, 0.25) is 0 Å². The van der Waals surface area contributed by atoms with Crippen molar-refractivity contribution in [1.29, 1.82) is 5.26 Å². The van der Waals surface area contributed by atoms with Crippen LogP contribution in [0, 0.1) is 25.2 Å². The molecule has 2 N–H and O–H groups in total. The maximum atomic E-state index is 10.3. The van der Waals surface area contributed by atoms with E-state index in [9.17, 15) is 4.79 Å². The summed E-state index contributed by atoms with van der Waals surface area (Å²) >= 11 is 1.41. The minimum Gasteiger partial charge on any atom is -0.480 e. The molecule has 14 heavy (non-hydrogen) atoms. The first kappa shape index (κ1) is 10.5. The second-order valence-electron chi connectivity index (χ2n) is 2.85. The van der Waals surface area contributed by atoms with Gasteiger partial charge in [0.15, 0.2) is 0 Å². The van der Waals surface area contributed by atoms with Crippen LogP contribution in [0.5, 0.6) is 0 Å². The van der Waals surface area contributed by atoms with Crippen LogP contribution in [0.25, 0.3) is 0 Å². The molecule has 0 saturated heterocycles. The summed E-state index contributed by atoms with van der Waals surface area (Å²) in [6, 6.07) is 2.06. The van der Waals surface area contributed by atoms with E-state index in [1.807, 2.05) is 13.8 Å². The highest BCUT2D eigenvalue weighted by atomic mass is 32.1. The molecule has 0 fully saturated rings. The highest BCUT2D eigenvalue weighted by Crippen LogP contribution is 2.31. The first-order valence-electron chi connectivity index (χ1n) is 4.02. The molecule has 0 bridgehead atoms. The van der Waals surface area contributed by atoms with Crippen LogP contribution in [0.1, 0.15) is 16.0 Å². The molecule has 4 nitrogen and oxygen atoms in total. The number of rotatable bonds is 3. The van der Waals surface area contributed by atoms with Gasteiger partial charge in [-0.1, -0.05) is 0 Å². The minimum atomic E-state index is -0.933.